The monoisotopic (exact) mass is 270 g/mol. The summed E-state index contributed by atoms with van der Waals surface area (Å²) in [5, 5.41) is 1.07. The van der Waals surface area contributed by atoms with E-state index in [1.165, 1.54) is 12.8 Å². The fourth-order valence-electron chi connectivity index (χ4n) is 3.07. The largest absolute Gasteiger partial charge is 0.350 e. The van der Waals surface area contributed by atoms with Gasteiger partial charge in [0.2, 0.25) is 0 Å². The second-order valence-electron chi connectivity index (χ2n) is 6.05. The number of para-hydroxylation sites is 1. The summed E-state index contributed by atoms with van der Waals surface area (Å²) in [7, 11) is 2.00. The summed E-state index contributed by atoms with van der Waals surface area (Å²) in [5.74, 6) is 1.05. The van der Waals surface area contributed by atoms with Crippen molar-refractivity contribution in [2.45, 2.75) is 19.8 Å². The molecule has 0 radical (unpaired) electrons. The summed E-state index contributed by atoms with van der Waals surface area (Å²) < 4.78 is 2.04. The van der Waals surface area contributed by atoms with Crippen molar-refractivity contribution in [1.29, 1.82) is 0 Å². The normalized spacial score (nSPS) is 17.7. The molecule has 3 rings (SSSR count). The molecule has 0 atom stereocenters. The Morgan fingerprint density at radius 2 is 1.95 bits per heavy atom. The van der Waals surface area contributed by atoms with Crippen molar-refractivity contribution < 1.29 is 4.79 Å². The molecule has 0 saturated carbocycles. The van der Waals surface area contributed by atoms with Gasteiger partial charge in [0.15, 0.2) is 5.78 Å². The van der Waals surface area contributed by atoms with Gasteiger partial charge in [-0.05, 0) is 37.9 Å². The van der Waals surface area contributed by atoms with Gasteiger partial charge in [-0.15, -0.1) is 0 Å². The van der Waals surface area contributed by atoms with Crippen LogP contribution in [0.15, 0.2) is 30.5 Å². The summed E-state index contributed by atoms with van der Waals surface area (Å²) in [6.07, 6.45) is 4.39. The van der Waals surface area contributed by atoms with Gasteiger partial charge in [-0.25, -0.2) is 0 Å². The minimum atomic E-state index is 0.247. The molecule has 0 bridgehead atoms. The first-order valence-corrected chi connectivity index (χ1v) is 7.45. The topological polar surface area (TPSA) is 25.2 Å². The number of rotatable bonds is 3. The molecular weight excluding hydrogens is 248 g/mol. The average molecular weight is 270 g/mol. The number of fused-ring (bicyclic) bond motifs is 1. The Balaban J connectivity index is 1.79. The van der Waals surface area contributed by atoms with E-state index in [0.717, 1.165) is 35.5 Å². The summed E-state index contributed by atoms with van der Waals surface area (Å²) in [6, 6.07) is 8.12. The molecule has 0 aliphatic carbocycles. The number of carbonyl (C=O) groups excluding carboxylic acids is 1. The van der Waals surface area contributed by atoms with Crippen LogP contribution >= 0.6 is 0 Å². The Kier molecular flexibility index (Phi) is 3.62. The van der Waals surface area contributed by atoms with E-state index in [9.17, 15) is 4.79 Å². The molecule has 2 aromatic rings. The molecule has 1 aliphatic heterocycles. The van der Waals surface area contributed by atoms with E-state index >= 15 is 0 Å². The van der Waals surface area contributed by atoms with E-state index < -0.39 is 0 Å². The zero-order valence-corrected chi connectivity index (χ0v) is 12.3. The Morgan fingerprint density at radius 1 is 1.25 bits per heavy atom. The fraction of sp³-hybridized carbons (Fsp3) is 0.471. The molecule has 1 aromatic carbocycles. The lowest BCUT2D eigenvalue weighted by atomic mass is 9.98. The highest BCUT2D eigenvalue weighted by Gasteiger charge is 2.20. The Bertz CT molecular complexity index is 621. The highest BCUT2D eigenvalue weighted by molar-refractivity contribution is 6.09. The first-order chi connectivity index (χ1) is 9.65. The van der Waals surface area contributed by atoms with E-state index in [2.05, 4.69) is 17.9 Å². The SMILES string of the molecule is CC1CCN(CC(=O)c2cn(C)c3ccccc23)CC1. The molecule has 1 saturated heterocycles. The number of hydrogen-bond acceptors (Lipinski definition) is 2. The molecule has 0 spiro atoms. The number of aryl methyl sites for hydroxylation is 1. The predicted octanol–water partition coefficient (Wildman–Crippen LogP) is 3.09. The van der Waals surface area contributed by atoms with E-state index in [0.29, 0.717) is 6.54 Å². The number of nitrogens with zero attached hydrogens (tertiary/aromatic N) is 2. The molecule has 3 heteroatoms. The molecule has 0 unspecified atom stereocenters. The van der Waals surface area contributed by atoms with Crippen LogP contribution in [-0.4, -0.2) is 34.9 Å². The number of likely N-dealkylation sites (tertiary alicyclic amines) is 1. The number of ketones is 1. The van der Waals surface area contributed by atoms with E-state index in [1.807, 2.05) is 36.0 Å². The van der Waals surface area contributed by atoms with Crippen LogP contribution in [-0.2, 0) is 7.05 Å². The molecule has 3 nitrogen and oxygen atoms in total. The van der Waals surface area contributed by atoms with E-state index in [-0.39, 0.29) is 5.78 Å². The Labute approximate surface area is 120 Å². The Hall–Kier alpha value is -1.61. The van der Waals surface area contributed by atoms with E-state index in [1.54, 1.807) is 0 Å². The van der Waals surface area contributed by atoms with Crippen LogP contribution in [0.2, 0.25) is 0 Å². The van der Waals surface area contributed by atoms with Crippen LogP contribution in [0.4, 0.5) is 0 Å². The highest BCUT2D eigenvalue weighted by atomic mass is 16.1. The van der Waals surface area contributed by atoms with Crippen molar-refractivity contribution >= 4 is 16.7 Å². The first kappa shape index (κ1) is 13.4. The van der Waals surface area contributed by atoms with Crippen LogP contribution < -0.4 is 0 Å². The molecule has 0 amide bonds. The van der Waals surface area contributed by atoms with Gasteiger partial charge < -0.3 is 4.57 Å². The molecule has 1 aromatic heterocycles. The minimum absolute atomic E-state index is 0.247. The van der Waals surface area contributed by atoms with Crippen molar-refractivity contribution in [3.05, 3.63) is 36.0 Å². The third kappa shape index (κ3) is 2.50. The van der Waals surface area contributed by atoms with Crippen LogP contribution in [0.5, 0.6) is 0 Å². The maximum Gasteiger partial charge on any atom is 0.178 e. The van der Waals surface area contributed by atoms with Crippen molar-refractivity contribution in [1.82, 2.24) is 9.47 Å². The number of benzene rings is 1. The van der Waals surface area contributed by atoms with Crippen LogP contribution in [0.1, 0.15) is 30.1 Å². The van der Waals surface area contributed by atoms with Gasteiger partial charge in [0.05, 0.1) is 6.54 Å². The van der Waals surface area contributed by atoms with Gasteiger partial charge >= 0.3 is 0 Å². The van der Waals surface area contributed by atoms with Gasteiger partial charge in [0.25, 0.3) is 0 Å². The maximum absolute atomic E-state index is 12.6. The van der Waals surface area contributed by atoms with Crippen LogP contribution in [0.3, 0.4) is 0 Å². The average Bonchev–Trinajstić information content (AvgIpc) is 2.79. The van der Waals surface area contributed by atoms with E-state index in [4.69, 9.17) is 0 Å². The lowest BCUT2D eigenvalue weighted by Crippen LogP contribution is -2.36. The molecule has 1 aliphatic rings. The highest BCUT2D eigenvalue weighted by Crippen LogP contribution is 2.22. The summed E-state index contributed by atoms with van der Waals surface area (Å²) in [5.41, 5.74) is 1.99. The van der Waals surface area contributed by atoms with Gasteiger partial charge in [0.1, 0.15) is 0 Å². The number of aromatic nitrogens is 1. The Morgan fingerprint density at radius 3 is 2.70 bits per heavy atom. The van der Waals surface area contributed by atoms with Crippen molar-refractivity contribution in [3.63, 3.8) is 0 Å². The lowest BCUT2D eigenvalue weighted by Gasteiger charge is -2.29. The van der Waals surface area contributed by atoms with Gasteiger partial charge in [0, 0.05) is 29.7 Å². The molecule has 2 heterocycles. The van der Waals surface area contributed by atoms with Crippen LogP contribution in [0, 0.1) is 5.92 Å². The zero-order chi connectivity index (χ0) is 14.1. The minimum Gasteiger partial charge on any atom is -0.350 e. The van der Waals surface area contributed by atoms with Gasteiger partial charge in [-0.3, -0.25) is 9.69 Å². The fourth-order valence-corrected chi connectivity index (χ4v) is 3.07. The number of carbonyl (C=O) groups is 1. The number of piperidine rings is 1. The second-order valence-corrected chi connectivity index (χ2v) is 6.05. The summed E-state index contributed by atoms with van der Waals surface area (Å²) >= 11 is 0. The number of Topliss-reactive ketones (excluding diaryl/α,β-unsaturated/α-hetero) is 1. The van der Waals surface area contributed by atoms with Crippen molar-refractivity contribution in [2.75, 3.05) is 19.6 Å². The van der Waals surface area contributed by atoms with Crippen molar-refractivity contribution in [2.24, 2.45) is 13.0 Å². The van der Waals surface area contributed by atoms with Crippen LogP contribution in [0.25, 0.3) is 10.9 Å². The molecule has 106 valence electrons. The van der Waals surface area contributed by atoms with Crippen molar-refractivity contribution in [3.8, 4) is 0 Å². The third-order valence-corrected chi connectivity index (χ3v) is 4.44. The molecule has 0 N–H and O–H groups in total. The smallest absolute Gasteiger partial charge is 0.178 e. The second kappa shape index (κ2) is 5.41. The standard InChI is InChI=1S/C17H22N2O/c1-13-7-9-19(10-8-13)12-17(20)15-11-18(2)16-6-4-3-5-14(15)16/h3-6,11,13H,7-10,12H2,1-2H3. The quantitative estimate of drug-likeness (QED) is 0.801. The molecular formula is C17H22N2O. The molecule has 1 fully saturated rings. The first-order valence-electron chi connectivity index (χ1n) is 7.45. The van der Waals surface area contributed by atoms with Gasteiger partial charge in [-0.1, -0.05) is 25.1 Å². The summed E-state index contributed by atoms with van der Waals surface area (Å²) in [6.45, 7) is 4.96. The predicted molar refractivity (Wildman–Crippen MR) is 82.1 cm³/mol. The van der Waals surface area contributed by atoms with Gasteiger partial charge in [-0.2, -0.15) is 0 Å². The maximum atomic E-state index is 12.6. The third-order valence-electron chi connectivity index (χ3n) is 4.44. The number of hydrogen-bond donors (Lipinski definition) is 0. The summed E-state index contributed by atoms with van der Waals surface area (Å²) in [4.78, 5) is 14.9. The zero-order valence-electron chi connectivity index (χ0n) is 12.3. The lowest BCUT2D eigenvalue weighted by molar-refractivity contribution is 0.0901. The molecule has 20 heavy (non-hydrogen) atoms.